The van der Waals surface area contributed by atoms with Gasteiger partial charge in [-0.2, -0.15) is 0 Å². The Balaban J connectivity index is 1.36. The minimum Gasteiger partial charge on any atom is -0.493 e. The van der Waals surface area contributed by atoms with Gasteiger partial charge in [0.2, 0.25) is 11.7 Å². The number of fused-ring (bicyclic) bond motifs is 4. The molecule has 3 heterocycles. The number of ether oxygens (including phenoxy) is 3. The van der Waals surface area contributed by atoms with E-state index < -0.39 is 0 Å². The van der Waals surface area contributed by atoms with Gasteiger partial charge in [-0.15, -0.1) is 0 Å². The number of hydrogen-bond acceptors (Lipinski definition) is 7. The molecule has 2 atom stereocenters. The van der Waals surface area contributed by atoms with Gasteiger partial charge in [-0.05, 0) is 18.4 Å². The van der Waals surface area contributed by atoms with Gasteiger partial charge >= 0.3 is 0 Å². The quantitative estimate of drug-likeness (QED) is 0.621. The summed E-state index contributed by atoms with van der Waals surface area (Å²) in [6.07, 6.45) is 1.06. The summed E-state index contributed by atoms with van der Waals surface area (Å²) in [4.78, 5) is 27.0. The Kier molecular flexibility index (Phi) is 7.14. The van der Waals surface area contributed by atoms with Gasteiger partial charge in [-0.1, -0.05) is 30.0 Å². The molecule has 2 aromatic rings. The number of piperidine rings is 1. The van der Waals surface area contributed by atoms with E-state index in [0.29, 0.717) is 33.2 Å². The molecule has 1 N–H and O–H groups in total. The lowest BCUT2D eigenvalue weighted by atomic mass is 9.83. The van der Waals surface area contributed by atoms with Gasteiger partial charge in [0.1, 0.15) is 4.32 Å². The number of hydrogen-bond donors (Lipinski definition) is 1. The number of benzene rings is 1. The summed E-state index contributed by atoms with van der Waals surface area (Å²) in [7, 11) is 4.59. The van der Waals surface area contributed by atoms with Gasteiger partial charge in [-0.3, -0.25) is 9.59 Å². The van der Waals surface area contributed by atoms with E-state index in [1.807, 2.05) is 16.7 Å². The zero-order valence-corrected chi connectivity index (χ0v) is 20.5. The van der Waals surface area contributed by atoms with E-state index in [-0.39, 0.29) is 23.1 Å². The maximum atomic E-state index is 12.6. The number of amides is 1. The first kappa shape index (κ1) is 23.4. The van der Waals surface area contributed by atoms with Crippen LogP contribution < -0.4 is 25.1 Å². The van der Waals surface area contributed by atoms with Crippen LogP contribution in [0.3, 0.4) is 0 Å². The Morgan fingerprint density at radius 3 is 2.52 bits per heavy atom. The summed E-state index contributed by atoms with van der Waals surface area (Å²) in [5, 5.41) is 2.87. The number of anilines is 1. The zero-order valence-electron chi connectivity index (χ0n) is 18.8. The van der Waals surface area contributed by atoms with Crippen molar-refractivity contribution in [1.82, 2.24) is 9.47 Å². The molecule has 0 spiro atoms. The third-order valence-corrected chi connectivity index (χ3v) is 7.54. The van der Waals surface area contributed by atoms with E-state index in [0.717, 1.165) is 31.7 Å². The Labute approximate surface area is 202 Å². The molecule has 0 radical (unpaired) electrons. The van der Waals surface area contributed by atoms with Crippen LogP contribution in [-0.2, 0) is 11.3 Å². The van der Waals surface area contributed by atoms with Crippen LogP contribution in [0.5, 0.6) is 17.2 Å². The molecular formula is C23H27N3O5S2. The highest BCUT2D eigenvalue weighted by Gasteiger charge is 2.35. The maximum absolute atomic E-state index is 12.6. The average Bonchev–Trinajstić information content (AvgIpc) is 2.82. The van der Waals surface area contributed by atoms with E-state index in [4.69, 9.17) is 26.4 Å². The first-order valence-corrected chi connectivity index (χ1v) is 12.0. The van der Waals surface area contributed by atoms with Gasteiger partial charge in [0.25, 0.3) is 5.56 Å². The predicted molar refractivity (Wildman–Crippen MR) is 133 cm³/mol. The van der Waals surface area contributed by atoms with E-state index in [2.05, 4.69) is 10.2 Å². The van der Waals surface area contributed by atoms with Crippen LogP contribution in [0.25, 0.3) is 0 Å². The highest BCUT2D eigenvalue weighted by atomic mass is 32.2. The van der Waals surface area contributed by atoms with Crippen LogP contribution in [0.4, 0.5) is 5.69 Å². The highest BCUT2D eigenvalue weighted by Crippen LogP contribution is 2.40. The Hall–Kier alpha value is -2.72. The zero-order chi connectivity index (χ0) is 23.5. The van der Waals surface area contributed by atoms with Crippen LogP contribution in [0.1, 0.15) is 18.0 Å². The largest absolute Gasteiger partial charge is 0.493 e. The van der Waals surface area contributed by atoms with E-state index in [1.165, 1.54) is 33.1 Å². The minimum absolute atomic E-state index is 0.0658. The molecule has 10 heteroatoms. The molecule has 1 fully saturated rings. The number of thiocarbonyl (C=S) groups is 1. The summed E-state index contributed by atoms with van der Waals surface area (Å²) in [6, 6.07) is 8.86. The number of thioether (sulfide) groups is 1. The lowest BCUT2D eigenvalue weighted by Crippen LogP contribution is -2.48. The van der Waals surface area contributed by atoms with Crippen LogP contribution >= 0.6 is 24.0 Å². The normalized spacial score (nSPS) is 18.8. The van der Waals surface area contributed by atoms with Crippen molar-refractivity contribution >= 4 is 39.9 Å². The molecule has 1 aromatic carbocycles. The third-order valence-electron chi connectivity index (χ3n) is 6.01. The molecule has 1 amide bonds. The number of carbonyl (C=O) groups excluding carboxylic acids is 1. The molecule has 4 rings (SSSR count). The molecule has 0 unspecified atom stereocenters. The number of aromatic nitrogens is 1. The second-order valence-corrected chi connectivity index (χ2v) is 9.73. The summed E-state index contributed by atoms with van der Waals surface area (Å²) >= 11 is 7.01. The maximum Gasteiger partial charge on any atom is 0.250 e. The van der Waals surface area contributed by atoms with Crippen molar-refractivity contribution in [3.8, 4) is 17.2 Å². The minimum atomic E-state index is -0.175. The number of rotatable bonds is 6. The lowest BCUT2D eigenvalue weighted by Gasteiger charge is -2.43. The standard InChI is InChI=1S/C23H27N3O5S2/c1-29-18-8-16(9-19(30-2)22(18)31-3)24-20(27)13-33-23(32)25-10-14-7-15(12-25)17-5-4-6-21(28)26(17)11-14/h4-6,8-9,14-15H,7,10-13H2,1-3H3,(H,24,27)/t14-,15+/m0/s1. The Morgan fingerprint density at radius 2 is 1.85 bits per heavy atom. The van der Waals surface area contributed by atoms with Gasteiger partial charge < -0.3 is 29.0 Å². The monoisotopic (exact) mass is 489 g/mol. The SMILES string of the molecule is COc1cc(NC(=O)CSC(=S)N2C[C@@H]3C[C@H](C2)c2cccc(=O)n2C3)cc(OC)c1OC. The van der Waals surface area contributed by atoms with Crippen molar-refractivity contribution in [2.45, 2.75) is 18.9 Å². The molecule has 1 aromatic heterocycles. The van der Waals surface area contributed by atoms with E-state index in [1.54, 1.807) is 18.2 Å². The molecule has 0 aliphatic carbocycles. The molecule has 1 saturated heterocycles. The number of nitrogens with one attached hydrogen (secondary N) is 1. The van der Waals surface area contributed by atoms with E-state index >= 15 is 0 Å². The number of nitrogens with zero attached hydrogens (tertiary/aromatic N) is 2. The summed E-state index contributed by atoms with van der Waals surface area (Å²) in [6.45, 7) is 2.29. The molecule has 2 aliphatic rings. The van der Waals surface area contributed by atoms with E-state index in [9.17, 15) is 9.59 Å². The predicted octanol–water partition coefficient (Wildman–Crippen LogP) is 2.95. The van der Waals surface area contributed by atoms with Gasteiger partial charge in [-0.25, -0.2) is 0 Å². The molecule has 176 valence electrons. The van der Waals surface area contributed by atoms with Crippen molar-refractivity contribution in [3.05, 3.63) is 46.4 Å². The highest BCUT2D eigenvalue weighted by molar-refractivity contribution is 8.23. The topological polar surface area (TPSA) is 82.0 Å². The summed E-state index contributed by atoms with van der Waals surface area (Å²) in [5.74, 6) is 2.07. The molecule has 33 heavy (non-hydrogen) atoms. The number of carbonyl (C=O) groups is 1. The molecule has 8 nitrogen and oxygen atoms in total. The van der Waals surface area contributed by atoms with Crippen LogP contribution in [0.15, 0.2) is 35.1 Å². The van der Waals surface area contributed by atoms with Crippen molar-refractivity contribution in [1.29, 1.82) is 0 Å². The first-order valence-electron chi connectivity index (χ1n) is 10.6. The van der Waals surface area contributed by atoms with Crippen molar-refractivity contribution in [2.75, 3.05) is 45.5 Å². The fourth-order valence-electron chi connectivity index (χ4n) is 4.61. The Morgan fingerprint density at radius 1 is 1.12 bits per heavy atom. The summed E-state index contributed by atoms with van der Waals surface area (Å²) in [5.41, 5.74) is 1.70. The second-order valence-electron chi connectivity index (χ2n) is 8.12. The average molecular weight is 490 g/mol. The first-order chi connectivity index (χ1) is 15.9. The number of likely N-dealkylation sites (tertiary alicyclic amines) is 1. The Bertz CT molecular complexity index is 1090. The van der Waals surface area contributed by atoms with Gasteiger partial charge in [0.15, 0.2) is 11.5 Å². The molecular weight excluding hydrogens is 462 g/mol. The smallest absolute Gasteiger partial charge is 0.250 e. The summed E-state index contributed by atoms with van der Waals surface area (Å²) < 4.78 is 18.6. The lowest BCUT2D eigenvalue weighted by molar-refractivity contribution is -0.113. The van der Waals surface area contributed by atoms with Crippen LogP contribution in [-0.4, -0.2) is 59.9 Å². The molecule has 0 saturated carbocycles. The number of methoxy groups -OCH3 is 3. The third kappa shape index (κ3) is 4.96. The van der Waals surface area contributed by atoms with Gasteiger partial charge in [0, 0.05) is 55.1 Å². The van der Waals surface area contributed by atoms with Crippen molar-refractivity contribution < 1.29 is 19.0 Å². The van der Waals surface area contributed by atoms with Crippen molar-refractivity contribution in [2.24, 2.45) is 5.92 Å². The fourth-order valence-corrected chi connectivity index (χ4v) is 5.60. The van der Waals surface area contributed by atoms with Gasteiger partial charge in [0.05, 0.1) is 27.1 Å². The molecule has 2 aliphatic heterocycles. The number of pyridine rings is 1. The van der Waals surface area contributed by atoms with Crippen LogP contribution in [0, 0.1) is 5.92 Å². The fraction of sp³-hybridized carbons (Fsp3) is 0.435. The van der Waals surface area contributed by atoms with Crippen molar-refractivity contribution in [3.63, 3.8) is 0 Å². The van der Waals surface area contributed by atoms with Crippen LogP contribution in [0.2, 0.25) is 0 Å². The second kappa shape index (κ2) is 10.0. The molecule has 2 bridgehead atoms.